The number of rotatable bonds is 8. The van der Waals surface area contributed by atoms with Crippen molar-refractivity contribution in [1.82, 2.24) is 4.90 Å². The standard InChI is InChI=1S/C31H34N2O4.ClH/c1-4-36-28(21-32-17-19-33(20-18-32)26-15-8-9-16-27(26)35-3)24-13-10-14-25-29(34)22(2)30(37-31(24)25)23-11-6-5-7-12-23;/h5-16,28H,4,17-21H2,1-3H3;1H. The average molecular weight is 535 g/mol. The molecule has 1 unspecified atom stereocenters. The first-order chi connectivity index (χ1) is 18.1. The average Bonchev–Trinajstić information content (AvgIpc) is 2.95. The highest BCUT2D eigenvalue weighted by Crippen LogP contribution is 2.32. The van der Waals surface area contributed by atoms with Crippen molar-refractivity contribution in [3.8, 4) is 17.1 Å². The number of hydrogen-bond acceptors (Lipinski definition) is 6. The second-order valence-electron chi connectivity index (χ2n) is 9.38. The molecule has 1 atom stereocenters. The first-order valence-electron chi connectivity index (χ1n) is 12.9. The van der Waals surface area contributed by atoms with Crippen LogP contribution in [-0.4, -0.2) is 51.3 Å². The van der Waals surface area contributed by atoms with Gasteiger partial charge in [0.1, 0.15) is 17.1 Å². The van der Waals surface area contributed by atoms with E-state index in [1.165, 1.54) is 0 Å². The lowest BCUT2D eigenvalue weighted by molar-refractivity contribution is 0.0314. The highest BCUT2D eigenvalue weighted by atomic mass is 35.5. The molecular weight excluding hydrogens is 500 g/mol. The Labute approximate surface area is 230 Å². The summed E-state index contributed by atoms with van der Waals surface area (Å²) in [5, 5.41) is 0.598. The van der Waals surface area contributed by atoms with E-state index < -0.39 is 0 Å². The molecule has 1 aliphatic rings. The Kier molecular flexibility index (Phi) is 9.10. The second-order valence-corrected chi connectivity index (χ2v) is 9.38. The van der Waals surface area contributed by atoms with Gasteiger partial charge in [0.2, 0.25) is 0 Å². The molecule has 4 aromatic rings. The number of methoxy groups -OCH3 is 1. The summed E-state index contributed by atoms with van der Waals surface area (Å²) in [4.78, 5) is 18.1. The predicted molar refractivity (Wildman–Crippen MR) is 156 cm³/mol. The predicted octanol–water partition coefficient (Wildman–Crippen LogP) is 6.10. The molecule has 6 nitrogen and oxygen atoms in total. The monoisotopic (exact) mass is 534 g/mol. The largest absolute Gasteiger partial charge is 0.495 e. The minimum Gasteiger partial charge on any atom is -0.495 e. The number of para-hydroxylation sites is 3. The third-order valence-electron chi connectivity index (χ3n) is 7.15. The Balaban J connectivity index is 0.00000336. The van der Waals surface area contributed by atoms with Crippen LogP contribution in [0.4, 0.5) is 5.69 Å². The maximum Gasteiger partial charge on any atom is 0.196 e. The van der Waals surface area contributed by atoms with Crippen LogP contribution in [0.3, 0.4) is 0 Å². The van der Waals surface area contributed by atoms with Crippen LogP contribution in [0.5, 0.6) is 5.75 Å². The normalized spacial score (nSPS) is 14.8. The molecule has 0 amide bonds. The van der Waals surface area contributed by atoms with Crippen molar-refractivity contribution in [1.29, 1.82) is 0 Å². The zero-order chi connectivity index (χ0) is 25.8. The van der Waals surface area contributed by atoms with Gasteiger partial charge in [0.05, 0.1) is 24.3 Å². The number of halogens is 1. The molecule has 7 heteroatoms. The fraction of sp³-hybridized carbons (Fsp3) is 0.323. The number of fused-ring (bicyclic) bond motifs is 1. The first-order valence-corrected chi connectivity index (χ1v) is 12.9. The van der Waals surface area contributed by atoms with Crippen LogP contribution in [0.25, 0.3) is 22.3 Å². The van der Waals surface area contributed by atoms with E-state index in [0.29, 0.717) is 28.9 Å². The van der Waals surface area contributed by atoms with Gasteiger partial charge in [-0.3, -0.25) is 9.69 Å². The maximum atomic E-state index is 13.3. The molecule has 0 N–H and O–H groups in total. The summed E-state index contributed by atoms with van der Waals surface area (Å²) in [7, 11) is 1.72. The van der Waals surface area contributed by atoms with Crippen molar-refractivity contribution in [3.05, 3.63) is 94.1 Å². The molecule has 1 fully saturated rings. The molecule has 0 radical (unpaired) electrons. The minimum atomic E-state index is -0.207. The molecule has 38 heavy (non-hydrogen) atoms. The molecule has 1 aliphatic heterocycles. The van der Waals surface area contributed by atoms with Gasteiger partial charge in [0, 0.05) is 56.0 Å². The van der Waals surface area contributed by atoms with Crippen LogP contribution in [0, 0.1) is 6.92 Å². The zero-order valence-corrected chi connectivity index (χ0v) is 23.0. The molecule has 3 aromatic carbocycles. The molecule has 0 saturated carbocycles. The van der Waals surface area contributed by atoms with Crippen molar-refractivity contribution in [2.45, 2.75) is 20.0 Å². The van der Waals surface area contributed by atoms with Crippen LogP contribution in [0.2, 0.25) is 0 Å². The smallest absolute Gasteiger partial charge is 0.196 e. The van der Waals surface area contributed by atoms with Crippen LogP contribution < -0.4 is 15.1 Å². The van der Waals surface area contributed by atoms with Gasteiger partial charge in [-0.15, -0.1) is 12.4 Å². The Bertz CT molecular complexity index is 1410. The van der Waals surface area contributed by atoms with E-state index in [4.69, 9.17) is 13.9 Å². The van der Waals surface area contributed by atoms with Crippen molar-refractivity contribution < 1.29 is 13.9 Å². The van der Waals surface area contributed by atoms with Gasteiger partial charge in [-0.2, -0.15) is 0 Å². The van der Waals surface area contributed by atoms with Crippen molar-refractivity contribution in [3.63, 3.8) is 0 Å². The summed E-state index contributed by atoms with van der Waals surface area (Å²) in [6.45, 7) is 8.77. The van der Waals surface area contributed by atoms with Gasteiger partial charge >= 0.3 is 0 Å². The summed E-state index contributed by atoms with van der Waals surface area (Å²) in [5.41, 5.74) is 4.18. The van der Waals surface area contributed by atoms with Gasteiger partial charge < -0.3 is 18.8 Å². The van der Waals surface area contributed by atoms with Gasteiger partial charge in [-0.25, -0.2) is 0 Å². The number of benzene rings is 3. The van der Waals surface area contributed by atoms with Crippen molar-refractivity contribution in [2.24, 2.45) is 0 Å². The van der Waals surface area contributed by atoms with Crippen LogP contribution in [0.15, 0.2) is 82.0 Å². The minimum absolute atomic E-state index is 0. The van der Waals surface area contributed by atoms with Crippen molar-refractivity contribution >= 4 is 29.1 Å². The third-order valence-corrected chi connectivity index (χ3v) is 7.15. The van der Waals surface area contributed by atoms with E-state index in [2.05, 4.69) is 21.9 Å². The highest BCUT2D eigenvalue weighted by molar-refractivity contribution is 5.85. The Hall–Kier alpha value is -3.32. The summed E-state index contributed by atoms with van der Waals surface area (Å²) in [5.74, 6) is 1.52. The summed E-state index contributed by atoms with van der Waals surface area (Å²) in [6.07, 6.45) is -0.207. The van der Waals surface area contributed by atoms with E-state index >= 15 is 0 Å². The quantitative estimate of drug-likeness (QED) is 0.272. The SMILES string of the molecule is CCOC(CN1CCN(c2ccccc2OC)CC1)c1cccc2c(=O)c(C)c(-c3ccccc3)oc12.Cl. The number of nitrogens with zero attached hydrogens (tertiary/aromatic N) is 2. The summed E-state index contributed by atoms with van der Waals surface area (Å²) in [6, 6.07) is 23.8. The number of anilines is 1. The lowest BCUT2D eigenvalue weighted by Crippen LogP contribution is -2.47. The van der Waals surface area contributed by atoms with E-state index in [-0.39, 0.29) is 23.9 Å². The topological polar surface area (TPSA) is 55.2 Å². The zero-order valence-electron chi connectivity index (χ0n) is 22.2. The van der Waals surface area contributed by atoms with Crippen LogP contribution in [0.1, 0.15) is 24.2 Å². The fourth-order valence-electron chi connectivity index (χ4n) is 5.19. The molecule has 2 heterocycles. The van der Waals surface area contributed by atoms with Crippen molar-refractivity contribution in [2.75, 3.05) is 51.3 Å². The first kappa shape index (κ1) is 27.7. The molecule has 1 aromatic heterocycles. The van der Waals surface area contributed by atoms with E-state index in [0.717, 1.165) is 55.3 Å². The van der Waals surface area contributed by atoms with E-state index in [1.54, 1.807) is 7.11 Å². The van der Waals surface area contributed by atoms with E-state index in [1.807, 2.05) is 74.5 Å². The number of hydrogen-bond donors (Lipinski definition) is 0. The van der Waals surface area contributed by atoms with Gasteiger partial charge in [-0.05, 0) is 32.0 Å². The Morgan fingerprint density at radius 2 is 1.63 bits per heavy atom. The molecule has 0 spiro atoms. The Morgan fingerprint density at radius 1 is 0.921 bits per heavy atom. The molecule has 0 aliphatic carbocycles. The second kappa shape index (κ2) is 12.5. The van der Waals surface area contributed by atoms with Crippen LogP contribution in [-0.2, 0) is 4.74 Å². The summed E-state index contributed by atoms with van der Waals surface area (Å²) < 4.78 is 18.3. The molecular formula is C31H35ClN2O4. The Morgan fingerprint density at radius 3 is 2.34 bits per heavy atom. The van der Waals surface area contributed by atoms with Gasteiger partial charge in [-0.1, -0.05) is 54.6 Å². The maximum absolute atomic E-state index is 13.3. The lowest BCUT2D eigenvalue weighted by atomic mass is 10.0. The number of piperazine rings is 1. The fourth-order valence-corrected chi connectivity index (χ4v) is 5.19. The highest BCUT2D eigenvalue weighted by Gasteiger charge is 2.25. The molecule has 5 rings (SSSR count). The van der Waals surface area contributed by atoms with Gasteiger partial charge in [0.25, 0.3) is 0 Å². The lowest BCUT2D eigenvalue weighted by Gasteiger charge is -2.38. The molecule has 200 valence electrons. The van der Waals surface area contributed by atoms with Gasteiger partial charge in [0.15, 0.2) is 5.43 Å². The third kappa shape index (κ3) is 5.58. The number of ether oxygens (including phenoxy) is 2. The summed E-state index contributed by atoms with van der Waals surface area (Å²) >= 11 is 0. The van der Waals surface area contributed by atoms with Crippen LogP contribution >= 0.6 is 12.4 Å². The molecule has 0 bridgehead atoms. The van der Waals surface area contributed by atoms with E-state index in [9.17, 15) is 4.79 Å². The molecule has 1 saturated heterocycles.